The van der Waals surface area contributed by atoms with Crippen molar-refractivity contribution >= 4 is 35.6 Å². The number of guanidine groups is 1. The molecule has 0 saturated heterocycles. The fourth-order valence-electron chi connectivity index (χ4n) is 2.40. The van der Waals surface area contributed by atoms with Crippen molar-refractivity contribution in [2.45, 2.75) is 13.0 Å². The highest BCUT2D eigenvalue weighted by Gasteiger charge is 2.05. The van der Waals surface area contributed by atoms with E-state index in [0.717, 1.165) is 29.2 Å². The number of benzene rings is 2. The van der Waals surface area contributed by atoms with Crippen molar-refractivity contribution in [3.05, 3.63) is 54.1 Å². The third-order valence-corrected chi connectivity index (χ3v) is 3.72. The summed E-state index contributed by atoms with van der Waals surface area (Å²) in [6, 6.07) is 15.7. The highest BCUT2D eigenvalue weighted by Crippen LogP contribution is 2.18. The average Bonchev–Trinajstić information content (AvgIpc) is 2.69. The van der Waals surface area contributed by atoms with E-state index in [4.69, 9.17) is 14.2 Å². The van der Waals surface area contributed by atoms with Crippen LogP contribution in [0.1, 0.15) is 12.0 Å². The molecule has 0 aliphatic rings. The Labute approximate surface area is 178 Å². The van der Waals surface area contributed by atoms with Gasteiger partial charge in [-0.25, -0.2) is 0 Å². The minimum absolute atomic E-state index is 0. The van der Waals surface area contributed by atoms with Crippen LogP contribution in [0, 0.1) is 0 Å². The lowest BCUT2D eigenvalue weighted by atomic mass is 10.2. The van der Waals surface area contributed by atoms with E-state index in [0.29, 0.717) is 25.7 Å². The predicted octanol–water partition coefficient (Wildman–Crippen LogP) is 3.92. The van der Waals surface area contributed by atoms with E-state index >= 15 is 0 Å². The smallest absolute Gasteiger partial charge is 0.195 e. The van der Waals surface area contributed by atoms with Crippen molar-refractivity contribution < 1.29 is 14.2 Å². The minimum Gasteiger partial charge on any atom is -0.496 e. The van der Waals surface area contributed by atoms with Crippen LogP contribution in [0.4, 0.5) is 5.69 Å². The van der Waals surface area contributed by atoms with Gasteiger partial charge in [-0.15, -0.1) is 24.0 Å². The monoisotopic (exact) mass is 485 g/mol. The van der Waals surface area contributed by atoms with Crippen LogP contribution in [0.15, 0.2) is 53.5 Å². The molecule has 0 fully saturated rings. The number of ether oxygens (including phenoxy) is 3. The number of methoxy groups -OCH3 is 2. The summed E-state index contributed by atoms with van der Waals surface area (Å²) in [5, 5.41) is 6.56. The van der Waals surface area contributed by atoms with Gasteiger partial charge in [0, 0.05) is 51.0 Å². The van der Waals surface area contributed by atoms with Gasteiger partial charge in [-0.3, -0.25) is 4.99 Å². The summed E-state index contributed by atoms with van der Waals surface area (Å²) >= 11 is 0. The van der Waals surface area contributed by atoms with Gasteiger partial charge < -0.3 is 24.8 Å². The number of anilines is 1. The third kappa shape index (κ3) is 8.04. The highest BCUT2D eigenvalue weighted by atomic mass is 127. The fraction of sp³-hybridized carbons (Fsp3) is 0.350. The molecule has 2 aromatic rings. The van der Waals surface area contributed by atoms with Crippen molar-refractivity contribution in [2.24, 2.45) is 4.99 Å². The van der Waals surface area contributed by atoms with Crippen LogP contribution >= 0.6 is 24.0 Å². The Balaban J connectivity index is 0.00000364. The molecule has 6 nitrogen and oxygen atoms in total. The first kappa shape index (κ1) is 23.0. The second-order valence-electron chi connectivity index (χ2n) is 5.59. The molecule has 7 heteroatoms. The molecule has 0 spiro atoms. The molecular weight excluding hydrogens is 457 g/mol. The van der Waals surface area contributed by atoms with Crippen LogP contribution in [0.5, 0.6) is 11.5 Å². The Morgan fingerprint density at radius 3 is 2.59 bits per heavy atom. The Morgan fingerprint density at radius 2 is 1.85 bits per heavy atom. The number of hydrogen-bond donors (Lipinski definition) is 2. The zero-order chi connectivity index (χ0) is 18.6. The number of aliphatic imine (C=N–C) groups is 1. The summed E-state index contributed by atoms with van der Waals surface area (Å²) in [5.41, 5.74) is 1.97. The number of hydrogen-bond acceptors (Lipinski definition) is 4. The van der Waals surface area contributed by atoms with Crippen molar-refractivity contribution in [1.82, 2.24) is 5.32 Å². The van der Waals surface area contributed by atoms with Crippen LogP contribution in [0.25, 0.3) is 0 Å². The number of para-hydroxylation sites is 1. The third-order valence-electron chi connectivity index (χ3n) is 3.72. The minimum atomic E-state index is 0. The molecule has 0 bridgehead atoms. The molecule has 0 unspecified atom stereocenters. The van der Waals surface area contributed by atoms with Crippen LogP contribution < -0.4 is 20.1 Å². The summed E-state index contributed by atoms with van der Waals surface area (Å²) < 4.78 is 16.1. The van der Waals surface area contributed by atoms with E-state index < -0.39 is 0 Å². The maximum atomic E-state index is 5.73. The van der Waals surface area contributed by atoms with Gasteiger partial charge in [-0.2, -0.15) is 0 Å². The lowest BCUT2D eigenvalue weighted by Crippen LogP contribution is -2.30. The second-order valence-corrected chi connectivity index (χ2v) is 5.59. The number of nitrogens with zero attached hydrogens (tertiary/aromatic N) is 1. The summed E-state index contributed by atoms with van der Waals surface area (Å²) in [4.78, 5) is 4.27. The van der Waals surface area contributed by atoms with E-state index in [1.807, 2.05) is 48.5 Å². The Hall–Kier alpha value is -2.00. The maximum absolute atomic E-state index is 5.73. The van der Waals surface area contributed by atoms with Gasteiger partial charge in [0.25, 0.3) is 0 Å². The van der Waals surface area contributed by atoms with Crippen LogP contribution in [-0.2, 0) is 11.3 Å². The second kappa shape index (κ2) is 13.2. The molecule has 0 aliphatic heterocycles. The Bertz CT molecular complexity index is 710. The Kier molecular flexibility index (Phi) is 11.3. The molecule has 0 aromatic heterocycles. The molecular formula is C20H28IN3O3. The molecule has 2 aromatic carbocycles. The highest BCUT2D eigenvalue weighted by molar-refractivity contribution is 14.0. The largest absolute Gasteiger partial charge is 0.496 e. The average molecular weight is 485 g/mol. The quantitative estimate of drug-likeness (QED) is 0.244. The summed E-state index contributed by atoms with van der Waals surface area (Å²) in [7, 11) is 5.10. The van der Waals surface area contributed by atoms with E-state index in [2.05, 4.69) is 15.6 Å². The summed E-state index contributed by atoms with van der Waals surface area (Å²) in [6.07, 6.45) is 0.857. The molecule has 2 rings (SSSR count). The van der Waals surface area contributed by atoms with Crippen LogP contribution in [0.3, 0.4) is 0 Å². The molecule has 27 heavy (non-hydrogen) atoms. The lowest BCUT2D eigenvalue weighted by molar-refractivity contribution is 0.172. The SMILES string of the molecule is CN=C(NCc1ccccc1OC)Nc1cccc(OCCCOC)c1.I. The predicted molar refractivity (Wildman–Crippen MR) is 121 cm³/mol. The van der Waals surface area contributed by atoms with E-state index in [1.54, 1.807) is 21.3 Å². The summed E-state index contributed by atoms with van der Waals surface area (Å²) in [5.74, 6) is 2.33. The Morgan fingerprint density at radius 1 is 1.04 bits per heavy atom. The number of halogens is 1. The molecule has 0 aliphatic carbocycles. The summed E-state index contributed by atoms with van der Waals surface area (Å²) in [6.45, 7) is 1.92. The van der Waals surface area contributed by atoms with Crippen molar-refractivity contribution in [1.29, 1.82) is 0 Å². The van der Waals surface area contributed by atoms with E-state index in [-0.39, 0.29) is 24.0 Å². The number of nitrogens with one attached hydrogen (secondary N) is 2. The van der Waals surface area contributed by atoms with Gasteiger partial charge in [0.2, 0.25) is 0 Å². The van der Waals surface area contributed by atoms with Gasteiger partial charge in [0.05, 0.1) is 13.7 Å². The molecule has 0 radical (unpaired) electrons. The lowest BCUT2D eigenvalue weighted by Gasteiger charge is -2.14. The first-order valence-electron chi connectivity index (χ1n) is 8.58. The first-order chi connectivity index (χ1) is 12.8. The van der Waals surface area contributed by atoms with Crippen LogP contribution in [0.2, 0.25) is 0 Å². The van der Waals surface area contributed by atoms with E-state index in [9.17, 15) is 0 Å². The molecule has 2 N–H and O–H groups in total. The molecule has 0 saturated carbocycles. The zero-order valence-electron chi connectivity index (χ0n) is 16.0. The molecule has 0 heterocycles. The van der Waals surface area contributed by atoms with Gasteiger partial charge >= 0.3 is 0 Å². The van der Waals surface area contributed by atoms with Crippen molar-refractivity contribution in [3.8, 4) is 11.5 Å². The molecule has 0 amide bonds. The molecule has 148 valence electrons. The maximum Gasteiger partial charge on any atom is 0.195 e. The zero-order valence-corrected chi connectivity index (χ0v) is 18.4. The van der Waals surface area contributed by atoms with Gasteiger partial charge in [0.1, 0.15) is 11.5 Å². The van der Waals surface area contributed by atoms with Crippen molar-refractivity contribution in [2.75, 3.05) is 39.8 Å². The van der Waals surface area contributed by atoms with Gasteiger partial charge in [0.15, 0.2) is 5.96 Å². The van der Waals surface area contributed by atoms with Gasteiger partial charge in [-0.1, -0.05) is 24.3 Å². The topological polar surface area (TPSA) is 64.1 Å². The van der Waals surface area contributed by atoms with Gasteiger partial charge in [-0.05, 0) is 18.2 Å². The number of rotatable bonds is 9. The standard InChI is InChI=1S/C20H27N3O3.HI/c1-21-20(22-15-16-8-4-5-11-19(16)25-3)23-17-9-6-10-18(14-17)26-13-7-12-24-2;/h4-6,8-11,14H,7,12-13,15H2,1-3H3,(H2,21,22,23);1H. The van der Waals surface area contributed by atoms with Crippen LogP contribution in [-0.4, -0.2) is 40.4 Å². The van der Waals surface area contributed by atoms with Crippen molar-refractivity contribution in [3.63, 3.8) is 0 Å². The first-order valence-corrected chi connectivity index (χ1v) is 8.58. The fourth-order valence-corrected chi connectivity index (χ4v) is 2.40. The molecule has 0 atom stereocenters. The normalized spacial score (nSPS) is 10.7. The van der Waals surface area contributed by atoms with E-state index in [1.165, 1.54) is 0 Å².